The van der Waals surface area contributed by atoms with Crippen molar-refractivity contribution in [2.75, 3.05) is 0 Å². The van der Waals surface area contributed by atoms with Crippen LogP contribution in [0.4, 0.5) is 0 Å². The smallest absolute Gasteiger partial charge is 0.0681 e. The fourth-order valence-electron chi connectivity index (χ4n) is 1.33. The highest BCUT2D eigenvalue weighted by molar-refractivity contribution is 5.65. The Kier molecular flexibility index (Phi) is 4.74. The molecule has 0 atom stereocenters. The fourth-order valence-corrected chi connectivity index (χ4v) is 1.33. The average Bonchev–Trinajstić information content (AvgIpc) is 2.28. The molecule has 0 spiro atoms. The minimum Gasteiger partial charge on any atom is -0.392 e. The van der Waals surface area contributed by atoms with Gasteiger partial charge in [0.05, 0.1) is 6.61 Å². The van der Waals surface area contributed by atoms with Crippen LogP contribution in [0.1, 0.15) is 25.0 Å². The van der Waals surface area contributed by atoms with Crippen molar-refractivity contribution < 1.29 is 5.11 Å². The molecule has 0 fully saturated rings. The van der Waals surface area contributed by atoms with Crippen molar-refractivity contribution in [2.45, 2.75) is 20.5 Å². The van der Waals surface area contributed by atoms with Crippen molar-refractivity contribution in [3.05, 3.63) is 65.8 Å². The van der Waals surface area contributed by atoms with E-state index in [1.807, 2.05) is 43.3 Å². The quantitative estimate of drug-likeness (QED) is 0.757. The Bertz CT molecular complexity index is 408. The summed E-state index contributed by atoms with van der Waals surface area (Å²) < 4.78 is 0. The Morgan fingerprint density at radius 2 is 1.88 bits per heavy atom. The molecule has 0 aromatic heterocycles. The first-order chi connectivity index (χ1) is 7.63. The summed E-state index contributed by atoms with van der Waals surface area (Å²) in [6.07, 6.45) is 6.03. The summed E-state index contributed by atoms with van der Waals surface area (Å²) in [7, 11) is 0. The molecule has 0 aliphatic rings. The van der Waals surface area contributed by atoms with Gasteiger partial charge in [0.2, 0.25) is 0 Å². The van der Waals surface area contributed by atoms with Crippen LogP contribution in [0.25, 0.3) is 5.57 Å². The van der Waals surface area contributed by atoms with Crippen LogP contribution in [0.15, 0.2) is 54.6 Å². The van der Waals surface area contributed by atoms with Gasteiger partial charge in [0.15, 0.2) is 0 Å². The molecular weight excluding hydrogens is 196 g/mol. The van der Waals surface area contributed by atoms with Crippen molar-refractivity contribution in [1.29, 1.82) is 0 Å². The van der Waals surface area contributed by atoms with Gasteiger partial charge in [-0.2, -0.15) is 0 Å². The lowest BCUT2D eigenvalue weighted by Crippen LogP contribution is -1.84. The van der Waals surface area contributed by atoms with Crippen molar-refractivity contribution >= 4 is 5.57 Å². The summed E-state index contributed by atoms with van der Waals surface area (Å²) in [5.41, 5.74) is 4.35. The lowest BCUT2D eigenvalue weighted by atomic mass is 10.1. The highest BCUT2D eigenvalue weighted by atomic mass is 16.3. The van der Waals surface area contributed by atoms with E-state index < -0.39 is 0 Å². The van der Waals surface area contributed by atoms with E-state index in [9.17, 15) is 0 Å². The molecule has 0 bridgehead atoms. The molecule has 1 rings (SSSR count). The molecule has 0 unspecified atom stereocenters. The predicted molar refractivity (Wildman–Crippen MR) is 70.0 cm³/mol. The first-order valence-electron chi connectivity index (χ1n) is 5.34. The minimum absolute atomic E-state index is 0.0958. The van der Waals surface area contributed by atoms with Crippen molar-refractivity contribution in [2.24, 2.45) is 0 Å². The van der Waals surface area contributed by atoms with Crippen LogP contribution in [-0.2, 0) is 6.61 Å². The summed E-state index contributed by atoms with van der Waals surface area (Å²) >= 11 is 0. The maximum absolute atomic E-state index is 8.93. The third-order valence-corrected chi connectivity index (χ3v) is 2.32. The van der Waals surface area contributed by atoms with E-state index >= 15 is 0 Å². The van der Waals surface area contributed by atoms with Gasteiger partial charge >= 0.3 is 0 Å². The summed E-state index contributed by atoms with van der Waals surface area (Å²) in [5.74, 6) is 0. The zero-order chi connectivity index (χ0) is 12.0. The van der Waals surface area contributed by atoms with Crippen LogP contribution in [0.2, 0.25) is 0 Å². The molecule has 1 aromatic carbocycles. The van der Waals surface area contributed by atoms with E-state index in [0.29, 0.717) is 0 Å². The van der Waals surface area contributed by atoms with E-state index in [2.05, 4.69) is 19.6 Å². The van der Waals surface area contributed by atoms with Crippen molar-refractivity contribution in [1.82, 2.24) is 0 Å². The molecule has 0 saturated heterocycles. The van der Waals surface area contributed by atoms with Crippen LogP contribution in [0.5, 0.6) is 0 Å². The molecule has 0 amide bonds. The van der Waals surface area contributed by atoms with E-state index in [1.165, 1.54) is 11.1 Å². The molecule has 1 N–H and O–H groups in total. The minimum atomic E-state index is 0.0958. The third-order valence-electron chi connectivity index (χ3n) is 2.32. The summed E-state index contributed by atoms with van der Waals surface area (Å²) in [6.45, 7) is 7.93. The van der Waals surface area contributed by atoms with Gasteiger partial charge in [-0.25, -0.2) is 0 Å². The standard InChI is InChI=1S/C15H18O/c1-12(2)5-4-6-13(3)15-9-7-14(11-16)8-10-15/h4-10,16H,1,11H2,2-3H3/b5-4+,13-6+. The lowest BCUT2D eigenvalue weighted by molar-refractivity contribution is 0.282. The van der Waals surface area contributed by atoms with Gasteiger partial charge in [-0.05, 0) is 30.5 Å². The Morgan fingerprint density at radius 1 is 1.25 bits per heavy atom. The van der Waals surface area contributed by atoms with Gasteiger partial charge in [-0.1, -0.05) is 54.6 Å². The van der Waals surface area contributed by atoms with E-state index in [1.54, 1.807) is 0 Å². The number of rotatable bonds is 4. The molecular formula is C15H18O. The molecule has 0 radical (unpaired) electrons. The van der Waals surface area contributed by atoms with Crippen LogP contribution in [-0.4, -0.2) is 5.11 Å². The zero-order valence-corrected chi connectivity index (χ0v) is 9.90. The SMILES string of the molecule is C=C(C)/C=C/C=C(\C)c1ccc(CO)cc1. The number of aliphatic hydroxyl groups excluding tert-OH is 1. The van der Waals surface area contributed by atoms with E-state index in [0.717, 1.165) is 11.1 Å². The summed E-state index contributed by atoms with van der Waals surface area (Å²) in [5, 5.41) is 8.93. The van der Waals surface area contributed by atoms with Crippen LogP contribution in [0.3, 0.4) is 0 Å². The molecule has 16 heavy (non-hydrogen) atoms. The van der Waals surface area contributed by atoms with Gasteiger partial charge in [-0.15, -0.1) is 0 Å². The second kappa shape index (κ2) is 6.09. The van der Waals surface area contributed by atoms with Gasteiger partial charge in [0.25, 0.3) is 0 Å². The number of hydrogen-bond acceptors (Lipinski definition) is 1. The normalized spacial score (nSPS) is 12.1. The monoisotopic (exact) mass is 214 g/mol. The second-order valence-electron chi connectivity index (χ2n) is 3.91. The number of hydrogen-bond donors (Lipinski definition) is 1. The highest BCUT2D eigenvalue weighted by Crippen LogP contribution is 2.14. The molecule has 1 nitrogen and oxygen atoms in total. The van der Waals surface area contributed by atoms with Crippen molar-refractivity contribution in [3.63, 3.8) is 0 Å². The Labute approximate surface area is 97.4 Å². The van der Waals surface area contributed by atoms with Gasteiger partial charge < -0.3 is 5.11 Å². The average molecular weight is 214 g/mol. The predicted octanol–water partition coefficient (Wildman–Crippen LogP) is 3.71. The maximum atomic E-state index is 8.93. The van der Waals surface area contributed by atoms with Gasteiger partial charge in [-0.3, -0.25) is 0 Å². The largest absolute Gasteiger partial charge is 0.392 e. The third kappa shape index (κ3) is 3.87. The molecule has 0 aliphatic carbocycles. The summed E-state index contributed by atoms with van der Waals surface area (Å²) in [6, 6.07) is 7.92. The Morgan fingerprint density at radius 3 is 2.38 bits per heavy atom. The Hall–Kier alpha value is -1.60. The molecule has 1 heteroatoms. The summed E-state index contributed by atoms with van der Waals surface area (Å²) in [4.78, 5) is 0. The molecule has 0 saturated carbocycles. The first kappa shape index (κ1) is 12.5. The topological polar surface area (TPSA) is 20.2 Å². The van der Waals surface area contributed by atoms with E-state index in [-0.39, 0.29) is 6.61 Å². The van der Waals surface area contributed by atoms with E-state index in [4.69, 9.17) is 5.11 Å². The van der Waals surface area contributed by atoms with Gasteiger partial charge in [0, 0.05) is 0 Å². The van der Waals surface area contributed by atoms with Crippen molar-refractivity contribution in [3.8, 4) is 0 Å². The van der Waals surface area contributed by atoms with Crippen LogP contribution >= 0.6 is 0 Å². The van der Waals surface area contributed by atoms with Crippen LogP contribution < -0.4 is 0 Å². The molecule has 0 heterocycles. The molecule has 1 aromatic rings. The number of aliphatic hydroxyl groups is 1. The fraction of sp³-hybridized carbons (Fsp3) is 0.200. The lowest BCUT2D eigenvalue weighted by Gasteiger charge is -2.01. The van der Waals surface area contributed by atoms with Gasteiger partial charge in [0.1, 0.15) is 0 Å². The molecule has 84 valence electrons. The number of allylic oxidation sites excluding steroid dienone is 5. The first-order valence-corrected chi connectivity index (χ1v) is 5.34. The zero-order valence-electron chi connectivity index (χ0n) is 9.90. The Balaban J connectivity index is 2.79. The maximum Gasteiger partial charge on any atom is 0.0681 e. The highest BCUT2D eigenvalue weighted by Gasteiger charge is 1.94. The number of benzene rings is 1. The second-order valence-corrected chi connectivity index (χ2v) is 3.91. The molecule has 0 aliphatic heterocycles. The van der Waals surface area contributed by atoms with Crippen LogP contribution in [0, 0.1) is 0 Å².